The molecule has 1 aliphatic heterocycles. The van der Waals surface area contributed by atoms with E-state index in [1.54, 1.807) is 0 Å². The van der Waals surface area contributed by atoms with Crippen molar-refractivity contribution in [2.45, 2.75) is 32.8 Å². The third-order valence-electron chi connectivity index (χ3n) is 2.59. The molecule has 88 valence electrons. The molecule has 0 radical (unpaired) electrons. The Bertz CT molecular complexity index is 372. The van der Waals surface area contributed by atoms with Crippen molar-refractivity contribution in [2.24, 2.45) is 10.9 Å². The lowest BCUT2D eigenvalue weighted by atomic mass is 9.88. The van der Waals surface area contributed by atoms with E-state index >= 15 is 0 Å². The van der Waals surface area contributed by atoms with Crippen LogP contribution in [0, 0.1) is 5.92 Å². The van der Waals surface area contributed by atoms with Crippen LogP contribution in [0.25, 0.3) is 0 Å². The highest BCUT2D eigenvalue weighted by molar-refractivity contribution is 6.16. The fourth-order valence-electron chi connectivity index (χ4n) is 1.64. The number of nitrogens with zero attached hydrogens (tertiary/aromatic N) is 1. The molecule has 0 bridgehead atoms. The van der Waals surface area contributed by atoms with Crippen LogP contribution < -0.4 is 0 Å². The number of amides is 1. The molecule has 1 aliphatic rings. The molecule has 1 N–H and O–H groups in total. The van der Waals surface area contributed by atoms with Crippen LogP contribution >= 0.6 is 0 Å². The van der Waals surface area contributed by atoms with Gasteiger partial charge in [0.15, 0.2) is 0 Å². The number of carbonyl (C=O) groups is 2. The molecule has 0 aromatic carbocycles. The van der Waals surface area contributed by atoms with E-state index < -0.39 is 17.7 Å². The molecule has 0 unspecified atom stereocenters. The molecule has 0 spiro atoms. The number of carboxylic acids is 1. The standard InChI is InChI=1S/C11H15NO4/c1-4-5-6-7(2)8-11(3,9(13)14)16-10(15)12-8/h4-5,7H,6H2,1-3H3,(H,13,14)/b5-4-/t7-,11+/m1/s1. The van der Waals surface area contributed by atoms with Gasteiger partial charge in [0.1, 0.15) is 0 Å². The van der Waals surface area contributed by atoms with Crippen molar-refractivity contribution in [2.75, 3.05) is 0 Å². The highest BCUT2D eigenvalue weighted by Gasteiger charge is 2.49. The number of aliphatic imine (C=N–C) groups is 1. The topological polar surface area (TPSA) is 76.0 Å². The minimum absolute atomic E-state index is 0.135. The first kappa shape index (κ1) is 12.4. The minimum Gasteiger partial charge on any atom is -0.478 e. The summed E-state index contributed by atoms with van der Waals surface area (Å²) in [7, 11) is 0. The molecule has 0 saturated heterocycles. The average Bonchev–Trinajstić information content (AvgIpc) is 2.52. The summed E-state index contributed by atoms with van der Waals surface area (Å²) in [6, 6.07) is 0. The zero-order valence-electron chi connectivity index (χ0n) is 9.56. The van der Waals surface area contributed by atoms with Crippen molar-refractivity contribution >= 4 is 17.8 Å². The summed E-state index contributed by atoms with van der Waals surface area (Å²) >= 11 is 0. The van der Waals surface area contributed by atoms with Gasteiger partial charge in [-0.15, -0.1) is 0 Å². The minimum atomic E-state index is -1.61. The Morgan fingerprint density at radius 1 is 1.69 bits per heavy atom. The molecule has 0 aromatic rings. The summed E-state index contributed by atoms with van der Waals surface area (Å²) in [6.45, 7) is 5.05. The van der Waals surface area contributed by atoms with Crippen LogP contribution in [0.5, 0.6) is 0 Å². The van der Waals surface area contributed by atoms with E-state index in [0.29, 0.717) is 6.42 Å². The molecule has 1 heterocycles. The Morgan fingerprint density at radius 2 is 2.31 bits per heavy atom. The predicted molar refractivity (Wildman–Crippen MR) is 58.6 cm³/mol. The van der Waals surface area contributed by atoms with E-state index in [-0.39, 0.29) is 11.6 Å². The molecule has 0 aliphatic carbocycles. The van der Waals surface area contributed by atoms with Crippen LogP contribution in [-0.2, 0) is 9.53 Å². The van der Waals surface area contributed by atoms with E-state index in [4.69, 9.17) is 9.84 Å². The summed E-state index contributed by atoms with van der Waals surface area (Å²) < 4.78 is 4.76. The first-order chi connectivity index (χ1) is 7.41. The Morgan fingerprint density at radius 3 is 2.81 bits per heavy atom. The smallest absolute Gasteiger partial charge is 0.435 e. The van der Waals surface area contributed by atoms with Gasteiger partial charge in [0.05, 0.1) is 5.71 Å². The van der Waals surface area contributed by atoms with Gasteiger partial charge in [-0.2, -0.15) is 4.99 Å². The van der Waals surface area contributed by atoms with Crippen molar-refractivity contribution in [3.63, 3.8) is 0 Å². The Labute approximate surface area is 93.8 Å². The van der Waals surface area contributed by atoms with Gasteiger partial charge in [-0.25, -0.2) is 9.59 Å². The lowest BCUT2D eigenvalue weighted by Gasteiger charge is -2.22. The normalized spacial score (nSPS) is 26.7. The number of aliphatic carboxylic acids is 1. The van der Waals surface area contributed by atoms with E-state index in [0.717, 1.165) is 0 Å². The molecule has 1 amide bonds. The first-order valence-electron chi connectivity index (χ1n) is 5.08. The quantitative estimate of drug-likeness (QED) is 0.742. The molecule has 2 atom stereocenters. The molecule has 16 heavy (non-hydrogen) atoms. The monoisotopic (exact) mass is 225 g/mol. The predicted octanol–water partition coefficient (Wildman–Crippen LogP) is 2.02. The second-order valence-electron chi connectivity index (χ2n) is 3.91. The van der Waals surface area contributed by atoms with E-state index in [2.05, 4.69) is 4.99 Å². The number of ether oxygens (including phenoxy) is 1. The largest absolute Gasteiger partial charge is 0.478 e. The maximum absolute atomic E-state index is 11.1. The molecular weight excluding hydrogens is 210 g/mol. The second kappa shape index (κ2) is 4.47. The second-order valence-corrected chi connectivity index (χ2v) is 3.91. The van der Waals surface area contributed by atoms with Gasteiger partial charge in [0.25, 0.3) is 0 Å². The van der Waals surface area contributed by atoms with Gasteiger partial charge in [0, 0.05) is 5.92 Å². The van der Waals surface area contributed by atoms with Gasteiger partial charge in [-0.1, -0.05) is 19.1 Å². The molecule has 1 rings (SSSR count). The van der Waals surface area contributed by atoms with Gasteiger partial charge in [-0.05, 0) is 20.3 Å². The SMILES string of the molecule is C/C=C\C[C@@H](C)C1=NC(=O)O[C@]1(C)C(=O)O. The van der Waals surface area contributed by atoms with E-state index in [1.807, 2.05) is 26.0 Å². The fraction of sp³-hybridized carbons (Fsp3) is 0.545. The van der Waals surface area contributed by atoms with Crippen LogP contribution in [0.2, 0.25) is 0 Å². The van der Waals surface area contributed by atoms with Gasteiger partial charge < -0.3 is 9.84 Å². The molecule has 5 heteroatoms. The fourth-order valence-corrected chi connectivity index (χ4v) is 1.64. The van der Waals surface area contributed by atoms with Crippen molar-refractivity contribution in [3.8, 4) is 0 Å². The average molecular weight is 225 g/mol. The van der Waals surface area contributed by atoms with Crippen molar-refractivity contribution in [3.05, 3.63) is 12.2 Å². The number of carbonyl (C=O) groups excluding carboxylic acids is 1. The Kier molecular flexibility index (Phi) is 3.47. The third-order valence-corrected chi connectivity index (χ3v) is 2.59. The summed E-state index contributed by atoms with van der Waals surface area (Å²) in [5, 5.41) is 9.06. The molecular formula is C11H15NO4. The lowest BCUT2D eigenvalue weighted by Crippen LogP contribution is -2.45. The lowest BCUT2D eigenvalue weighted by molar-refractivity contribution is -0.149. The van der Waals surface area contributed by atoms with Crippen molar-refractivity contribution in [1.29, 1.82) is 0 Å². The third kappa shape index (κ3) is 2.13. The number of hydrogen-bond acceptors (Lipinski definition) is 3. The molecule has 0 fully saturated rings. The van der Waals surface area contributed by atoms with Crippen LogP contribution in [0.3, 0.4) is 0 Å². The molecule has 0 aromatic heterocycles. The van der Waals surface area contributed by atoms with Crippen LogP contribution in [-0.4, -0.2) is 28.5 Å². The number of hydrogen-bond donors (Lipinski definition) is 1. The maximum atomic E-state index is 11.1. The summed E-state index contributed by atoms with van der Waals surface area (Å²) in [4.78, 5) is 25.8. The summed E-state index contributed by atoms with van der Waals surface area (Å²) in [5.41, 5.74) is -1.33. The van der Waals surface area contributed by atoms with Gasteiger partial charge in [-0.3, -0.25) is 0 Å². The van der Waals surface area contributed by atoms with Crippen LogP contribution in [0.1, 0.15) is 27.2 Å². The maximum Gasteiger partial charge on any atom is 0.435 e. The zero-order valence-corrected chi connectivity index (χ0v) is 9.56. The zero-order chi connectivity index (χ0) is 12.3. The van der Waals surface area contributed by atoms with Crippen LogP contribution in [0.4, 0.5) is 4.79 Å². The number of allylic oxidation sites excluding steroid dienone is 2. The molecule has 0 saturated carbocycles. The Hall–Kier alpha value is -1.65. The van der Waals surface area contributed by atoms with Gasteiger partial charge >= 0.3 is 12.1 Å². The summed E-state index contributed by atoms with van der Waals surface area (Å²) in [5.74, 6) is -1.33. The van der Waals surface area contributed by atoms with Crippen LogP contribution in [0.15, 0.2) is 17.1 Å². The van der Waals surface area contributed by atoms with Gasteiger partial charge in [0.2, 0.25) is 5.60 Å². The first-order valence-corrected chi connectivity index (χ1v) is 5.08. The Balaban J connectivity index is 2.95. The van der Waals surface area contributed by atoms with Crippen molar-refractivity contribution < 1.29 is 19.4 Å². The highest BCUT2D eigenvalue weighted by atomic mass is 16.6. The number of carboxylic acid groups (broad SMARTS) is 1. The number of rotatable bonds is 4. The number of cyclic esters (lactones) is 1. The van der Waals surface area contributed by atoms with E-state index in [9.17, 15) is 9.59 Å². The highest BCUT2D eigenvalue weighted by Crippen LogP contribution is 2.27. The van der Waals surface area contributed by atoms with E-state index in [1.165, 1.54) is 6.92 Å². The summed E-state index contributed by atoms with van der Waals surface area (Å²) in [6.07, 6.45) is 3.58. The molecule has 5 nitrogen and oxygen atoms in total. The van der Waals surface area contributed by atoms with Crippen molar-refractivity contribution in [1.82, 2.24) is 0 Å².